The second-order valence-corrected chi connectivity index (χ2v) is 8.78. The zero-order valence-electron chi connectivity index (χ0n) is 16.0. The van der Waals surface area contributed by atoms with Crippen LogP contribution in [0.5, 0.6) is 0 Å². The minimum absolute atomic E-state index is 0.0380. The summed E-state index contributed by atoms with van der Waals surface area (Å²) >= 11 is 0. The van der Waals surface area contributed by atoms with Crippen molar-refractivity contribution in [3.05, 3.63) is 55.1 Å². The Hall–Kier alpha value is -1.92. The van der Waals surface area contributed by atoms with E-state index in [1.165, 1.54) is 0 Å². The Labute approximate surface area is 163 Å². The van der Waals surface area contributed by atoms with Crippen LogP contribution in [0.25, 0.3) is 0 Å². The number of sulfonamides is 1. The fraction of sp³-hybridized carbons (Fsp3) is 0.476. The zero-order chi connectivity index (χ0) is 19.7. The molecule has 0 atom stereocenters. The highest BCUT2D eigenvalue weighted by Gasteiger charge is 2.24. The normalized spacial score (nSPS) is 15.7. The number of amides is 1. The Morgan fingerprint density at radius 2 is 1.56 bits per heavy atom. The molecular weight excluding hydrogens is 360 g/mol. The Morgan fingerprint density at radius 3 is 2.07 bits per heavy atom. The monoisotopic (exact) mass is 390 g/mol. The van der Waals surface area contributed by atoms with Crippen LogP contribution in [-0.2, 0) is 21.2 Å². The number of rotatable bonds is 9. The van der Waals surface area contributed by atoms with Crippen LogP contribution in [0.2, 0.25) is 0 Å². The summed E-state index contributed by atoms with van der Waals surface area (Å²) in [5.74, 6) is 0.0380. The fourth-order valence-corrected chi connectivity index (χ4v) is 4.78. The maximum Gasteiger partial charge on any atom is 0.243 e. The molecule has 148 valence electrons. The minimum atomic E-state index is -3.43. The molecule has 5 nitrogen and oxygen atoms in total. The Balaban J connectivity index is 1.99. The van der Waals surface area contributed by atoms with Crippen molar-refractivity contribution in [1.82, 2.24) is 9.21 Å². The predicted octanol–water partition coefficient (Wildman–Crippen LogP) is 3.38. The van der Waals surface area contributed by atoms with Crippen LogP contribution < -0.4 is 0 Å². The van der Waals surface area contributed by atoms with Gasteiger partial charge in [-0.15, -0.1) is 13.2 Å². The van der Waals surface area contributed by atoms with Crippen molar-refractivity contribution < 1.29 is 13.2 Å². The standard InChI is InChI=1S/C21H30N2O3S/c1-3-15-22(16-4-2)21(24)14-11-19-9-12-20(13-10-19)27(25,26)23-17-7-5-6-8-18-23/h3-4,9-10,12-13H,1-2,5-8,11,14-18H2. The Morgan fingerprint density at radius 1 is 1.00 bits per heavy atom. The van der Waals surface area contributed by atoms with Gasteiger partial charge in [0.15, 0.2) is 0 Å². The molecule has 0 spiro atoms. The molecule has 1 aliphatic rings. The number of carbonyl (C=O) groups excluding carboxylic acids is 1. The molecule has 1 saturated heterocycles. The number of benzene rings is 1. The quantitative estimate of drug-likeness (QED) is 0.607. The van der Waals surface area contributed by atoms with Crippen LogP contribution in [0, 0.1) is 0 Å². The zero-order valence-corrected chi connectivity index (χ0v) is 16.8. The molecule has 1 aromatic rings. The van der Waals surface area contributed by atoms with E-state index < -0.39 is 10.0 Å². The number of aryl methyl sites for hydroxylation is 1. The third-order valence-electron chi connectivity index (χ3n) is 4.81. The average molecular weight is 391 g/mol. The third-order valence-corrected chi connectivity index (χ3v) is 6.72. The molecule has 1 amide bonds. The van der Waals surface area contributed by atoms with Gasteiger partial charge in [-0.25, -0.2) is 8.42 Å². The van der Waals surface area contributed by atoms with E-state index in [9.17, 15) is 13.2 Å². The maximum absolute atomic E-state index is 12.8. The lowest BCUT2D eigenvalue weighted by Gasteiger charge is -2.20. The van der Waals surface area contributed by atoms with E-state index in [-0.39, 0.29) is 5.91 Å². The van der Waals surface area contributed by atoms with Crippen LogP contribution in [0.15, 0.2) is 54.5 Å². The summed E-state index contributed by atoms with van der Waals surface area (Å²) in [6.45, 7) is 9.54. The molecule has 1 fully saturated rings. The molecule has 0 aromatic heterocycles. The van der Waals surface area contributed by atoms with Gasteiger partial charge in [-0.1, -0.05) is 37.1 Å². The van der Waals surface area contributed by atoms with E-state index in [1.807, 2.05) is 12.1 Å². The van der Waals surface area contributed by atoms with Crippen LogP contribution in [0.1, 0.15) is 37.7 Å². The number of nitrogens with zero attached hydrogens (tertiary/aromatic N) is 2. The van der Waals surface area contributed by atoms with Gasteiger partial charge in [-0.05, 0) is 37.0 Å². The van der Waals surface area contributed by atoms with Crippen molar-refractivity contribution in [2.75, 3.05) is 26.2 Å². The molecule has 1 aliphatic heterocycles. The van der Waals surface area contributed by atoms with Gasteiger partial charge in [0.1, 0.15) is 0 Å². The van der Waals surface area contributed by atoms with E-state index in [2.05, 4.69) is 13.2 Å². The van der Waals surface area contributed by atoms with Crippen molar-refractivity contribution >= 4 is 15.9 Å². The van der Waals surface area contributed by atoms with Gasteiger partial charge < -0.3 is 4.90 Å². The lowest BCUT2D eigenvalue weighted by atomic mass is 10.1. The smallest absolute Gasteiger partial charge is 0.243 e. The molecule has 2 rings (SSSR count). The Kier molecular flexibility index (Phi) is 8.25. The summed E-state index contributed by atoms with van der Waals surface area (Å²) in [6, 6.07) is 6.93. The number of carbonyl (C=O) groups is 1. The van der Waals surface area contributed by atoms with Gasteiger partial charge in [0.25, 0.3) is 0 Å². The highest BCUT2D eigenvalue weighted by Crippen LogP contribution is 2.21. The van der Waals surface area contributed by atoms with E-state index in [4.69, 9.17) is 0 Å². The van der Waals surface area contributed by atoms with Gasteiger partial charge >= 0.3 is 0 Å². The molecule has 0 saturated carbocycles. The van der Waals surface area contributed by atoms with Crippen molar-refractivity contribution in [1.29, 1.82) is 0 Å². The summed E-state index contributed by atoms with van der Waals surface area (Å²) in [5, 5.41) is 0. The first-order valence-corrected chi connectivity index (χ1v) is 11.0. The molecule has 6 heteroatoms. The van der Waals surface area contributed by atoms with E-state index in [1.54, 1.807) is 33.5 Å². The van der Waals surface area contributed by atoms with Crippen LogP contribution in [-0.4, -0.2) is 49.7 Å². The summed E-state index contributed by atoms with van der Waals surface area (Å²) in [6.07, 6.45) is 8.37. The van der Waals surface area contributed by atoms with E-state index >= 15 is 0 Å². The topological polar surface area (TPSA) is 57.7 Å². The number of hydrogen-bond donors (Lipinski definition) is 0. The summed E-state index contributed by atoms with van der Waals surface area (Å²) in [4.78, 5) is 14.3. The first kappa shape index (κ1) is 21.4. The minimum Gasteiger partial charge on any atom is -0.335 e. The molecule has 0 aliphatic carbocycles. The molecule has 0 unspecified atom stereocenters. The van der Waals surface area contributed by atoms with Gasteiger partial charge in [0.05, 0.1) is 4.90 Å². The maximum atomic E-state index is 12.8. The summed E-state index contributed by atoms with van der Waals surface area (Å²) in [5.41, 5.74) is 0.954. The van der Waals surface area contributed by atoms with Gasteiger partial charge in [0.2, 0.25) is 15.9 Å². The summed E-state index contributed by atoms with van der Waals surface area (Å²) < 4.78 is 27.2. The summed E-state index contributed by atoms with van der Waals surface area (Å²) in [7, 11) is -3.43. The molecule has 0 radical (unpaired) electrons. The van der Waals surface area contributed by atoms with Gasteiger partial charge in [-0.3, -0.25) is 4.79 Å². The second kappa shape index (κ2) is 10.4. The molecule has 27 heavy (non-hydrogen) atoms. The van der Waals surface area contributed by atoms with Crippen molar-refractivity contribution in [2.45, 2.75) is 43.4 Å². The van der Waals surface area contributed by atoms with Crippen LogP contribution in [0.4, 0.5) is 0 Å². The molecule has 0 N–H and O–H groups in total. The molecule has 1 heterocycles. The lowest BCUT2D eigenvalue weighted by molar-refractivity contribution is -0.130. The first-order valence-electron chi connectivity index (χ1n) is 9.57. The molecule has 0 bridgehead atoms. The second-order valence-electron chi connectivity index (χ2n) is 6.84. The highest BCUT2D eigenvalue weighted by molar-refractivity contribution is 7.89. The van der Waals surface area contributed by atoms with Crippen LogP contribution in [0.3, 0.4) is 0 Å². The lowest BCUT2D eigenvalue weighted by Crippen LogP contribution is -2.32. The molecular formula is C21H30N2O3S. The van der Waals surface area contributed by atoms with E-state index in [0.717, 1.165) is 31.2 Å². The third kappa shape index (κ3) is 6.04. The number of hydrogen-bond acceptors (Lipinski definition) is 3. The van der Waals surface area contributed by atoms with Gasteiger partial charge in [0, 0.05) is 32.6 Å². The van der Waals surface area contributed by atoms with Crippen molar-refractivity contribution in [3.63, 3.8) is 0 Å². The highest BCUT2D eigenvalue weighted by atomic mass is 32.2. The fourth-order valence-electron chi connectivity index (χ4n) is 3.26. The SMILES string of the molecule is C=CCN(CC=C)C(=O)CCc1ccc(S(=O)(=O)N2CCCCCC2)cc1. The van der Waals surface area contributed by atoms with Crippen molar-refractivity contribution in [2.24, 2.45) is 0 Å². The average Bonchev–Trinajstić information content (AvgIpc) is 2.96. The van der Waals surface area contributed by atoms with Crippen molar-refractivity contribution in [3.8, 4) is 0 Å². The first-order chi connectivity index (χ1) is 13.0. The molecule has 1 aromatic carbocycles. The largest absolute Gasteiger partial charge is 0.335 e. The van der Waals surface area contributed by atoms with Crippen LogP contribution >= 0.6 is 0 Å². The predicted molar refractivity (Wildman–Crippen MR) is 109 cm³/mol. The Bertz CT molecular complexity index is 723. The van der Waals surface area contributed by atoms with Gasteiger partial charge in [-0.2, -0.15) is 4.31 Å². The van der Waals surface area contributed by atoms with E-state index in [0.29, 0.717) is 43.9 Å².